The predicted octanol–water partition coefficient (Wildman–Crippen LogP) is 3.42. The van der Waals surface area contributed by atoms with Crippen LogP contribution in [-0.4, -0.2) is 35.6 Å². The van der Waals surface area contributed by atoms with Gasteiger partial charge in [-0.1, -0.05) is 18.2 Å². The van der Waals surface area contributed by atoms with Gasteiger partial charge < -0.3 is 10.8 Å². The summed E-state index contributed by atoms with van der Waals surface area (Å²) in [5.74, 6) is 0.884. The molecule has 3 N–H and O–H groups in total. The van der Waals surface area contributed by atoms with E-state index < -0.39 is 0 Å². The second kappa shape index (κ2) is 6.15. The summed E-state index contributed by atoms with van der Waals surface area (Å²) in [6.07, 6.45) is 7.17. The van der Waals surface area contributed by atoms with Crippen LogP contribution in [0.2, 0.25) is 0 Å². The first-order chi connectivity index (χ1) is 14.2. The Balaban J connectivity index is 1.53. The first kappa shape index (κ1) is 16.7. The van der Waals surface area contributed by atoms with Gasteiger partial charge in [0.2, 0.25) is 0 Å². The Hall–Kier alpha value is -3.19. The SMILES string of the molecule is Nc1ncnn2c(-c3cccc(C4CC(O)C4)c3)cc(-c3ccnn3C3CC3)c12. The number of nitrogen functional groups attached to an aromatic ring is 1. The van der Waals surface area contributed by atoms with E-state index in [9.17, 15) is 5.11 Å². The molecule has 0 bridgehead atoms. The third-order valence-electron chi connectivity index (χ3n) is 6.19. The number of aromatic nitrogens is 5. The number of nitrogens with two attached hydrogens (primary N) is 1. The zero-order valence-corrected chi connectivity index (χ0v) is 15.9. The van der Waals surface area contributed by atoms with Gasteiger partial charge in [0.15, 0.2) is 5.82 Å². The third kappa shape index (κ3) is 2.65. The van der Waals surface area contributed by atoms with Crippen LogP contribution in [0.1, 0.15) is 43.2 Å². The van der Waals surface area contributed by atoms with Gasteiger partial charge in [-0.2, -0.15) is 10.2 Å². The molecule has 1 aromatic carbocycles. The Morgan fingerprint density at radius 1 is 1.03 bits per heavy atom. The molecule has 7 heteroatoms. The van der Waals surface area contributed by atoms with Crippen LogP contribution in [0, 0.1) is 0 Å². The number of aliphatic hydroxyl groups is 1. The van der Waals surface area contributed by atoms with Crippen LogP contribution in [0.3, 0.4) is 0 Å². The van der Waals surface area contributed by atoms with Gasteiger partial charge >= 0.3 is 0 Å². The molecule has 6 rings (SSSR count). The Morgan fingerprint density at radius 2 is 1.90 bits per heavy atom. The van der Waals surface area contributed by atoms with E-state index in [0.717, 1.165) is 53.7 Å². The molecule has 29 heavy (non-hydrogen) atoms. The summed E-state index contributed by atoms with van der Waals surface area (Å²) in [4.78, 5) is 4.24. The highest BCUT2D eigenvalue weighted by Gasteiger charge is 2.30. The molecule has 146 valence electrons. The summed E-state index contributed by atoms with van der Waals surface area (Å²) in [5.41, 5.74) is 12.5. The Morgan fingerprint density at radius 3 is 2.69 bits per heavy atom. The van der Waals surface area contributed by atoms with E-state index in [1.54, 1.807) is 0 Å². The molecule has 0 atom stereocenters. The van der Waals surface area contributed by atoms with Crippen molar-refractivity contribution < 1.29 is 5.11 Å². The second-order valence-corrected chi connectivity index (χ2v) is 8.19. The molecule has 2 aliphatic carbocycles. The molecule has 0 amide bonds. The summed E-state index contributed by atoms with van der Waals surface area (Å²) in [6.45, 7) is 0. The van der Waals surface area contributed by atoms with Crippen molar-refractivity contribution in [2.75, 3.05) is 5.73 Å². The molecule has 3 heterocycles. The topological polar surface area (TPSA) is 94.3 Å². The quantitative estimate of drug-likeness (QED) is 0.560. The zero-order valence-electron chi connectivity index (χ0n) is 15.9. The fourth-order valence-electron chi connectivity index (χ4n) is 4.42. The lowest BCUT2D eigenvalue weighted by Gasteiger charge is -2.31. The minimum Gasteiger partial charge on any atom is -0.393 e. The van der Waals surface area contributed by atoms with Crippen LogP contribution in [0.15, 0.2) is 48.9 Å². The standard InChI is InChI=1S/C22H22N6O/c23-22-21-18(19-6-7-25-27(19)16-4-5-16)11-20(28(21)26-12-24-22)14-3-1-2-13(8-14)15-9-17(29)10-15/h1-3,6-8,11-12,15-17,29H,4-5,9-10H2,(H2,23,24,26). The number of aliphatic hydroxyl groups excluding tert-OH is 1. The predicted molar refractivity (Wildman–Crippen MR) is 110 cm³/mol. The van der Waals surface area contributed by atoms with Gasteiger partial charge in [0, 0.05) is 17.3 Å². The van der Waals surface area contributed by atoms with Crippen LogP contribution in [-0.2, 0) is 0 Å². The Bertz CT molecular complexity index is 1220. The zero-order chi connectivity index (χ0) is 19.5. The van der Waals surface area contributed by atoms with Crippen LogP contribution < -0.4 is 5.73 Å². The molecule has 2 aliphatic rings. The highest BCUT2D eigenvalue weighted by molar-refractivity contribution is 5.91. The Labute approximate surface area is 167 Å². The molecule has 2 fully saturated rings. The van der Waals surface area contributed by atoms with Crippen LogP contribution in [0.5, 0.6) is 0 Å². The first-order valence-electron chi connectivity index (χ1n) is 10.1. The molecule has 2 saturated carbocycles. The largest absolute Gasteiger partial charge is 0.393 e. The highest BCUT2D eigenvalue weighted by atomic mass is 16.3. The molecule has 4 aromatic rings. The lowest BCUT2D eigenvalue weighted by molar-refractivity contribution is 0.0746. The van der Waals surface area contributed by atoms with Crippen molar-refractivity contribution in [2.24, 2.45) is 0 Å². The highest BCUT2D eigenvalue weighted by Crippen LogP contribution is 2.42. The molecule has 0 unspecified atom stereocenters. The van der Waals surface area contributed by atoms with Crippen molar-refractivity contribution in [3.8, 4) is 22.5 Å². The minimum absolute atomic E-state index is 0.167. The lowest BCUT2D eigenvalue weighted by Crippen LogP contribution is -2.26. The average Bonchev–Trinajstić information content (AvgIpc) is 3.30. The molecule has 0 saturated heterocycles. The lowest BCUT2D eigenvalue weighted by atomic mass is 9.77. The normalized spacial score (nSPS) is 21.4. The maximum atomic E-state index is 9.68. The number of nitrogens with zero attached hydrogens (tertiary/aromatic N) is 5. The third-order valence-corrected chi connectivity index (χ3v) is 6.19. The van der Waals surface area contributed by atoms with Gasteiger partial charge in [-0.15, -0.1) is 0 Å². The summed E-state index contributed by atoms with van der Waals surface area (Å²) in [7, 11) is 0. The van der Waals surface area contributed by atoms with Gasteiger partial charge in [0.1, 0.15) is 11.8 Å². The van der Waals surface area contributed by atoms with Crippen molar-refractivity contribution in [1.29, 1.82) is 0 Å². The molecule has 7 nitrogen and oxygen atoms in total. The van der Waals surface area contributed by atoms with E-state index >= 15 is 0 Å². The van der Waals surface area contributed by atoms with Gasteiger partial charge in [-0.3, -0.25) is 4.68 Å². The summed E-state index contributed by atoms with van der Waals surface area (Å²) in [5, 5.41) is 18.7. The van der Waals surface area contributed by atoms with Gasteiger partial charge in [0.05, 0.1) is 23.5 Å². The monoisotopic (exact) mass is 386 g/mol. The van der Waals surface area contributed by atoms with Crippen molar-refractivity contribution in [3.05, 3.63) is 54.5 Å². The molecule has 0 spiro atoms. The molecule has 0 radical (unpaired) electrons. The Kier molecular flexibility index (Phi) is 3.55. The molecule has 0 aliphatic heterocycles. The average molecular weight is 386 g/mol. The van der Waals surface area contributed by atoms with E-state index in [0.29, 0.717) is 17.8 Å². The van der Waals surface area contributed by atoms with Crippen LogP contribution in [0.25, 0.3) is 28.0 Å². The number of fused-ring (bicyclic) bond motifs is 1. The van der Waals surface area contributed by atoms with Gasteiger partial charge in [0.25, 0.3) is 0 Å². The smallest absolute Gasteiger partial charge is 0.152 e. The van der Waals surface area contributed by atoms with Crippen LogP contribution in [0.4, 0.5) is 5.82 Å². The number of hydrogen-bond acceptors (Lipinski definition) is 5. The number of hydrogen-bond donors (Lipinski definition) is 2. The van der Waals surface area contributed by atoms with E-state index in [1.807, 2.05) is 16.8 Å². The van der Waals surface area contributed by atoms with E-state index in [-0.39, 0.29) is 6.10 Å². The summed E-state index contributed by atoms with van der Waals surface area (Å²) < 4.78 is 3.98. The number of anilines is 1. The summed E-state index contributed by atoms with van der Waals surface area (Å²) >= 11 is 0. The fraction of sp³-hybridized carbons (Fsp3) is 0.318. The second-order valence-electron chi connectivity index (χ2n) is 8.19. The van der Waals surface area contributed by atoms with E-state index in [4.69, 9.17) is 5.73 Å². The fourth-order valence-corrected chi connectivity index (χ4v) is 4.42. The van der Waals surface area contributed by atoms with Crippen molar-refractivity contribution in [1.82, 2.24) is 24.4 Å². The first-order valence-corrected chi connectivity index (χ1v) is 10.1. The maximum absolute atomic E-state index is 9.68. The van der Waals surface area contributed by atoms with Crippen molar-refractivity contribution >= 4 is 11.3 Å². The van der Waals surface area contributed by atoms with Crippen molar-refractivity contribution in [2.45, 2.75) is 43.7 Å². The number of rotatable bonds is 4. The van der Waals surface area contributed by atoms with Crippen molar-refractivity contribution in [3.63, 3.8) is 0 Å². The van der Waals surface area contributed by atoms with Gasteiger partial charge in [-0.05, 0) is 55.4 Å². The maximum Gasteiger partial charge on any atom is 0.152 e. The number of benzene rings is 1. The van der Waals surface area contributed by atoms with Gasteiger partial charge in [-0.25, -0.2) is 9.50 Å². The van der Waals surface area contributed by atoms with Crippen LogP contribution >= 0.6 is 0 Å². The molecule has 3 aromatic heterocycles. The molecular weight excluding hydrogens is 364 g/mol. The molecular formula is C22H22N6O. The van der Waals surface area contributed by atoms with E-state index in [1.165, 1.54) is 11.9 Å². The van der Waals surface area contributed by atoms with E-state index in [2.05, 4.69) is 50.2 Å². The summed E-state index contributed by atoms with van der Waals surface area (Å²) in [6, 6.07) is 13.2. The minimum atomic E-state index is -0.167.